The van der Waals surface area contributed by atoms with Crippen molar-refractivity contribution in [2.75, 3.05) is 19.6 Å². The summed E-state index contributed by atoms with van der Waals surface area (Å²) in [6.07, 6.45) is 3.98. The summed E-state index contributed by atoms with van der Waals surface area (Å²) < 4.78 is 0. The van der Waals surface area contributed by atoms with Crippen LogP contribution in [-0.2, 0) is 0 Å². The lowest BCUT2D eigenvalue weighted by Gasteiger charge is -2.30. The molecule has 2 heteroatoms. The van der Waals surface area contributed by atoms with Gasteiger partial charge in [-0.15, -0.1) is 0 Å². The van der Waals surface area contributed by atoms with Gasteiger partial charge in [0.15, 0.2) is 0 Å². The fourth-order valence-corrected chi connectivity index (χ4v) is 2.97. The van der Waals surface area contributed by atoms with Crippen molar-refractivity contribution in [2.24, 2.45) is 11.7 Å². The van der Waals surface area contributed by atoms with Crippen LogP contribution in [0.25, 0.3) is 0 Å². The normalized spacial score (nSPS) is 23.6. The Hall–Kier alpha value is -0.860. The Morgan fingerprint density at radius 3 is 2.89 bits per heavy atom. The van der Waals surface area contributed by atoms with E-state index in [1.54, 1.807) is 0 Å². The molecule has 0 saturated carbocycles. The van der Waals surface area contributed by atoms with Gasteiger partial charge in [0, 0.05) is 12.6 Å². The van der Waals surface area contributed by atoms with Gasteiger partial charge in [-0.3, -0.25) is 4.90 Å². The van der Waals surface area contributed by atoms with Crippen LogP contribution in [0.2, 0.25) is 0 Å². The standard InChI is InChI=1S/C16H26N2/c1-13-6-4-9-18(10-8-13)16(12-17)15-7-3-5-14(2)11-15/h3,5,7,11,13,16H,4,6,8-10,12,17H2,1-2H3. The first-order chi connectivity index (χ1) is 8.70. The second-order valence-corrected chi connectivity index (χ2v) is 5.74. The lowest BCUT2D eigenvalue weighted by Crippen LogP contribution is -2.34. The Morgan fingerprint density at radius 2 is 2.17 bits per heavy atom. The van der Waals surface area contributed by atoms with Crippen LogP contribution < -0.4 is 5.73 Å². The fourth-order valence-electron chi connectivity index (χ4n) is 2.97. The van der Waals surface area contributed by atoms with Crippen molar-refractivity contribution in [1.29, 1.82) is 0 Å². The third-order valence-electron chi connectivity index (χ3n) is 4.14. The minimum atomic E-state index is 0.398. The number of hydrogen-bond donors (Lipinski definition) is 1. The van der Waals surface area contributed by atoms with E-state index in [-0.39, 0.29) is 0 Å². The molecular formula is C16H26N2. The molecule has 1 heterocycles. The third kappa shape index (κ3) is 3.33. The maximum absolute atomic E-state index is 6.03. The molecule has 0 aromatic heterocycles. The molecule has 1 saturated heterocycles. The van der Waals surface area contributed by atoms with Gasteiger partial charge in [0.2, 0.25) is 0 Å². The number of rotatable bonds is 3. The Kier molecular flexibility index (Phi) is 4.79. The summed E-state index contributed by atoms with van der Waals surface area (Å²) in [6.45, 7) is 7.63. The van der Waals surface area contributed by atoms with Crippen LogP contribution in [0.3, 0.4) is 0 Å². The second-order valence-electron chi connectivity index (χ2n) is 5.74. The molecule has 0 radical (unpaired) electrons. The van der Waals surface area contributed by atoms with Crippen molar-refractivity contribution in [3.63, 3.8) is 0 Å². The molecule has 0 aliphatic carbocycles. The summed E-state index contributed by atoms with van der Waals surface area (Å²) in [5.41, 5.74) is 8.74. The zero-order chi connectivity index (χ0) is 13.0. The molecule has 2 rings (SSSR count). The summed E-state index contributed by atoms with van der Waals surface area (Å²) in [4.78, 5) is 2.58. The van der Waals surface area contributed by atoms with Gasteiger partial charge in [0.05, 0.1) is 0 Å². The SMILES string of the molecule is Cc1cccc(C(CN)N2CCCC(C)CC2)c1. The molecule has 0 spiro atoms. The molecule has 1 aromatic carbocycles. The van der Waals surface area contributed by atoms with E-state index in [4.69, 9.17) is 5.73 Å². The minimum Gasteiger partial charge on any atom is -0.329 e. The van der Waals surface area contributed by atoms with E-state index in [0.29, 0.717) is 6.04 Å². The average molecular weight is 246 g/mol. The van der Waals surface area contributed by atoms with E-state index in [0.717, 1.165) is 12.5 Å². The minimum absolute atomic E-state index is 0.398. The first-order valence-electron chi connectivity index (χ1n) is 7.21. The van der Waals surface area contributed by atoms with Gasteiger partial charge in [-0.25, -0.2) is 0 Å². The van der Waals surface area contributed by atoms with Gasteiger partial charge >= 0.3 is 0 Å². The van der Waals surface area contributed by atoms with Crippen LogP contribution >= 0.6 is 0 Å². The van der Waals surface area contributed by atoms with E-state index in [1.165, 1.54) is 43.5 Å². The molecule has 2 N–H and O–H groups in total. The lowest BCUT2D eigenvalue weighted by molar-refractivity contribution is 0.207. The Morgan fingerprint density at radius 1 is 1.33 bits per heavy atom. The van der Waals surface area contributed by atoms with E-state index in [9.17, 15) is 0 Å². The number of likely N-dealkylation sites (tertiary alicyclic amines) is 1. The summed E-state index contributed by atoms with van der Waals surface area (Å²) in [5, 5.41) is 0. The van der Waals surface area contributed by atoms with Crippen molar-refractivity contribution >= 4 is 0 Å². The van der Waals surface area contributed by atoms with Crippen LogP contribution in [0.4, 0.5) is 0 Å². The Balaban J connectivity index is 2.12. The van der Waals surface area contributed by atoms with E-state index < -0.39 is 0 Å². The van der Waals surface area contributed by atoms with Gasteiger partial charge in [-0.2, -0.15) is 0 Å². The maximum atomic E-state index is 6.03. The number of aryl methyl sites for hydroxylation is 1. The zero-order valence-electron chi connectivity index (χ0n) is 11.7. The Labute approximate surface area is 111 Å². The van der Waals surface area contributed by atoms with Crippen molar-refractivity contribution in [3.05, 3.63) is 35.4 Å². The number of hydrogen-bond acceptors (Lipinski definition) is 2. The van der Waals surface area contributed by atoms with Crippen LogP contribution in [0.1, 0.15) is 43.4 Å². The molecule has 18 heavy (non-hydrogen) atoms. The average Bonchev–Trinajstić information content (AvgIpc) is 2.56. The predicted octanol–water partition coefficient (Wildman–Crippen LogP) is 3.12. The van der Waals surface area contributed by atoms with Gasteiger partial charge in [0.1, 0.15) is 0 Å². The topological polar surface area (TPSA) is 29.3 Å². The lowest BCUT2D eigenvalue weighted by atomic mass is 10.0. The monoisotopic (exact) mass is 246 g/mol. The van der Waals surface area contributed by atoms with Crippen LogP contribution in [-0.4, -0.2) is 24.5 Å². The summed E-state index contributed by atoms with van der Waals surface area (Å²) in [5.74, 6) is 0.867. The Bertz CT molecular complexity index is 375. The summed E-state index contributed by atoms with van der Waals surface area (Å²) in [6, 6.07) is 9.20. The largest absolute Gasteiger partial charge is 0.329 e. The highest BCUT2D eigenvalue weighted by molar-refractivity contribution is 5.25. The summed E-state index contributed by atoms with van der Waals surface area (Å²) in [7, 11) is 0. The van der Waals surface area contributed by atoms with Crippen molar-refractivity contribution in [2.45, 2.75) is 39.2 Å². The van der Waals surface area contributed by atoms with Gasteiger partial charge in [-0.05, 0) is 50.8 Å². The third-order valence-corrected chi connectivity index (χ3v) is 4.14. The molecule has 0 amide bonds. The molecule has 1 aliphatic heterocycles. The van der Waals surface area contributed by atoms with Crippen molar-refractivity contribution in [3.8, 4) is 0 Å². The first kappa shape index (κ1) is 13.6. The highest BCUT2D eigenvalue weighted by Gasteiger charge is 2.21. The molecule has 2 unspecified atom stereocenters. The molecule has 0 bridgehead atoms. The van der Waals surface area contributed by atoms with Gasteiger partial charge in [-0.1, -0.05) is 36.8 Å². The number of nitrogens with zero attached hydrogens (tertiary/aromatic N) is 1. The maximum Gasteiger partial charge on any atom is 0.0470 e. The number of nitrogens with two attached hydrogens (primary N) is 1. The van der Waals surface area contributed by atoms with E-state index in [1.807, 2.05) is 0 Å². The van der Waals surface area contributed by atoms with E-state index >= 15 is 0 Å². The van der Waals surface area contributed by atoms with Crippen molar-refractivity contribution in [1.82, 2.24) is 4.90 Å². The highest BCUT2D eigenvalue weighted by Crippen LogP contribution is 2.25. The highest BCUT2D eigenvalue weighted by atomic mass is 15.2. The van der Waals surface area contributed by atoms with Crippen LogP contribution in [0, 0.1) is 12.8 Å². The van der Waals surface area contributed by atoms with E-state index in [2.05, 4.69) is 43.0 Å². The van der Waals surface area contributed by atoms with Gasteiger partial charge in [0.25, 0.3) is 0 Å². The molecule has 1 fully saturated rings. The molecule has 1 aliphatic rings. The zero-order valence-corrected chi connectivity index (χ0v) is 11.7. The molecule has 1 aromatic rings. The fraction of sp³-hybridized carbons (Fsp3) is 0.625. The second kappa shape index (κ2) is 6.35. The van der Waals surface area contributed by atoms with Gasteiger partial charge < -0.3 is 5.73 Å². The predicted molar refractivity (Wildman–Crippen MR) is 77.6 cm³/mol. The molecule has 2 nitrogen and oxygen atoms in total. The smallest absolute Gasteiger partial charge is 0.0470 e. The van der Waals surface area contributed by atoms with Crippen molar-refractivity contribution < 1.29 is 0 Å². The first-order valence-corrected chi connectivity index (χ1v) is 7.21. The van der Waals surface area contributed by atoms with Crippen LogP contribution in [0.5, 0.6) is 0 Å². The molecule has 100 valence electrons. The molecule has 2 atom stereocenters. The van der Waals surface area contributed by atoms with Crippen LogP contribution in [0.15, 0.2) is 24.3 Å². The molecular weight excluding hydrogens is 220 g/mol. The quantitative estimate of drug-likeness (QED) is 0.888. The number of benzene rings is 1. The summed E-state index contributed by atoms with van der Waals surface area (Å²) >= 11 is 0.